The fourth-order valence-electron chi connectivity index (χ4n) is 3.91. The summed E-state index contributed by atoms with van der Waals surface area (Å²) in [6.45, 7) is 0.232. The highest BCUT2D eigenvalue weighted by atomic mass is 35.5. The van der Waals surface area contributed by atoms with Crippen molar-refractivity contribution < 1.29 is 9.21 Å². The number of carbonyl (C=O) groups is 1. The lowest BCUT2D eigenvalue weighted by atomic mass is 10.1. The van der Waals surface area contributed by atoms with Crippen molar-refractivity contribution in [3.63, 3.8) is 0 Å². The Balaban J connectivity index is 1.29. The zero-order valence-corrected chi connectivity index (χ0v) is 16.2. The third-order valence-electron chi connectivity index (χ3n) is 5.27. The monoisotopic (exact) mass is 404 g/mol. The number of fused-ring (bicyclic) bond motifs is 4. The average molecular weight is 405 g/mol. The lowest BCUT2D eigenvalue weighted by Crippen LogP contribution is -2.19. The van der Waals surface area contributed by atoms with Crippen molar-refractivity contribution in [2.24, 2.45) is 0 Å². The number of nitrogens with one attached hydrogen (secondary N) is 1. The second kappa shape index (κ2) is 6.94. The number of carbonyl (C=O) groups excluding carboxylic acids is 1. The van der Waals surface area contributed by atoms with Crippen LogP contribution in [0.15, 0.2) is 69.9 Å². The maximum Gasteiger partial charge on any atom is 0.419 e. The molecular weight excluding hydrogens is 388 g/mol. The van der Waals surface area contributed by atoms with E-state index in [4.69, 9.17) is 16.0 Å². The zero-order valence-electron chi connectivity index (χ0n) is 15.4. The summed E-state index contributed by atoms with van der Waals surface area (Å²) < 4.78 is 6.65. The van der Waals surface area contributed by atoms with Gasteiger partial charge >= 0.3 is 5.76 Å². The molecule has 0 bridgehead atoms. The molecule has 29 heavy (non-hydrogen) atoms. The van der Waals surface area contributed by atoms with Gasteiger partial charge in [0, 0.05) is 29.7 Å². The molecule has 144 valence electrons. The van der Waals surface area contributed by atoms with E-state index in [0.717, 1.165) is 12.1 Å². The van der Waals surface area contributed by atoms with Crippen LogP contribution in [0.3, 0.4) is 0 Å². The minimum Gasteiger partial charge on any atom is -0.408 e. The lowest BCUT2D eigenvalue weighted by molar-refractivity contribution is -0.116. The van der Waals surface area contributed by atoms with Crippen molar-refractivity contribution in [3.05, 3.63) is 87.4 Å². The summed E-state index contributed by atoms with van der Waals surface area (Å²) in [6, 6.07) is 19.3. The number of anilines is 1. The van der Waals surface area contributed by atoms with Gasteiger partial charge in [0.15, 0.2) is 5.58 Å². The first-order chi connectivity index (χ1) is 14.1. The van der Waals surface area contributed by atoms with Crippen LogP contribution in [0.2, 0.25) is 5.02 Å². The number of amides is 1. The van der Waals surface area contributed by atoms with Gasteiger partial charge < -0.3 is 9.73 Å². The van der Waals surface area contributed by atoms with E-state index in [-0.39, 0.29) is 18.9 Å². The number of aromatic nitrogens is 1. The van der Waals surface area contributed by atoms with Crippen LogP contribution < -0.4 is 11.1 Å². The topological polar surface area (TPSA) is 64.2 Å². The van der Waals surface area contributed by atoms with Crippen molar-refractivity contribution >= 4 is 34.3 Å². The first-order valence-corrected chi connectivity index (χ1v) is 9.76. The quantitative estimate of drug-likeness (QED) is 0.465. The Morgan fingerprint density at radius 3 is 2.76 bits per heavy atom. The third kappa shape index (κ3) is 3.23. The molecule has 5 nitrogen and oxygen atoms in total. The van der Waals surface area contributed by atoms with E-state index in [1.165, 1.54) is 26.8 Å². The van der Waals surface area contributed by atoms with Crippen molar-refractivity contribution in [1.29, 1.82) is 0 Å². The van der Waals surface area contributed by atoms with Gasteiger partial charge in [0.2, 0.25) is 5.91 Å². The number of aryl methyl sites for hydroxylation is 1. The molecule has 0 saturated carbocycles. The fraction of sp³-hybridized carbons (Fsp3) is 0.130. The predicted octanol–water partition coefficient (Wildman–Crippen LogP) is 4.85. The van der Waals surface area contributed by atoms with E-state index in [2.05, 4.69) is 23.5 Å². The van der Waals surface area contributed by atoms with Crippen LogP contribution in [0.5, 0.6) is 0 Å². The van der Waals surface area contributed by atoms with Crippen LogP contribution in [-0.2, 0) is 17.8 Å². The molecule has 1 aliphatic rings. The molecule has 3 aromatic carbocycles. The standard InChI is InChI=1S/C23H17ClN2O3/c24-16-5-8-20-21(13-16)29-23(28)26(20)10-9-22(27)25-17-6-7-19-15(12-17)11-14-3-1-2-4-18(14)19/h1-8,12-13H,9-11H2,(H,25,27). The summed E-state index contributed by atoms with van der Waals surface area (Å²) in [7, 11) is 0. The highest BCUT2D eigenvalue weighted by molar-refractivity contribution is 6.31. The van der Waals surface area contributed by atoms with Crippen molar-refractivity contribution in [3.8, 4) is 11.1 Å². The van der Waals surface area contributed by atoms with Gasteiger partial charge in [-0.15, -0.1) is 0 Å². The number of halogens is 1. The van der Waals surface area contributed by atoms with Crippen molar-refractivity contribution in [2.75, 3.05) is 5.32 Å². The molecule has 1 amide bonds. The summed E-state index contributed by atoms with van der Waals surface area (Å²) in [6.07, 6.45) is 1.03. The number of hydrogen-bond acceptors (Lipinski definition) is 3. The van der Waals surface area contributed by atoms with Crippen LogP contribution in [0, 0.1) is 0 Å². The summed E-state index contributed by atoms with van der Waals surface area (Å²) in [5, 5.41) is 3.43. The molecule has 1 aliphatic carbocycles. The summed E-state index contributed by atoms with van der Waals surface area (Å²) in [4.78, 5) is 24.5. The van der Waals surface area contributed by atoms with Crippen molar-refractivity contribution in [1.82, 2.24) is 4.57 Å². The third-order valence-corrected chi connectivity index (χ3v) is 5.51. The van der Waals surface area contributed by atoms with Crippen LogP contribution in [0.25, 0.3) is 22.2 Å². The van der Waals surface area contributed by atoms with Gasteiger partial charge in [-0.1, -0.05) is 41.9 Å². The number of benzene rings is 3. The Labute approximate surface area is 171 Å². The number of nitrogens with zero attached hydrogens (tertiary/aromatic N) is 1. The van der Waals surface area contributed by atoms with Crippen LogP contribution in [0.4, 0.5) is 5.69 Å². The van der Waals surface area contributed by atoms with E-state index >= 15 is 0 Å². The van der Waals surface area contributed by atoms with Gasteiger partial charge in [0.05, 0.1) is 5.52 Å². The highest BCUT2D eigenvalue weighted by Crippen LogP contribution is 2.37. The number of hydrogen-bond donors (Lipinski definition) is 1. The Morgan fingerprint density at radius 1 is 1.03 bits per heavy atom. The average Bonchev–Trinajstić information content (AvgIpc) is 3.22. The van der Waals surface area contributed by atoms with E-state index in [9.17, 15) is 9.59 Å². The zero-order chi connectivity index (χ0) is 20.0. The maximum absolute atomic E-state index is 12.4. The van der Waals surface area contributed by atoms with Crippen LogP contribution >= 0.6 is 11.6 Å². The Bertz CT molecular complexity index is 1320. The lowest BCUT2D eigenvalue weighted by Gasteiger charge is -2.08. The summed E-state index contributed by atoms with van der Waals surface area (Å²) >= 11 is 5.93. The van der Waals surface area contributed by atoms with Gasteiger partial charge in [-0.3, -0.25) is 9.36 Å². The second-order valence-corrected chi connectivity index (χ2v) is 7.57. The number of rotatable bonds is 4. The maximum atomic E-state index is 12.4. The molecule has 1 heterocycles. The minimum absolute atomic E-state index is 0.157. The van der Waals surface area contributed by atoms with Crippen molar-refractivity contribution in [2.45, 2.75) is 19.4 Å². The SMILES string of the molecule is O=C(CCn1c(=O)oc2cc(Cl)ccc21)Nc1ccc2c(c1)Cc1ccccc1-2. The molecule has 0 spiro atoms. The highest BCUT2D eigenvalue weighted by Gasteiger charge is 2.18. The van der Waals surface area contributed by atoms with Crippen LogP contribution in [0.1, 0.15) is 17.5 Å². The first kappa shape index (κ1) is 17.8. The minimum atomic E-state index is -0.495. The van der Waals surface area contributed by atoms with Gasteiger partial charge in [-0.25, -0.2) is 4.79 Å². The molecule has 0 aliphatic heterocycles. The van der Waals surface area contributed by atoms with E-state index in [0.29, 0.717) is 16.1 Å². The molecule has 0 atom stereocenters. The smallest absolute Gasteiger partial charge is 0.408 e. The van der Waals surface area contributed by atoms with Gasteiger partial charge in [0.1, 0.15) is 0 Å². The molecule has 5 rings (SSSR count). The molecule has 6 heteroatoms. The largest absolute Gasteiger partial charge is 0.419 e. The van der Waals surface area contributed by atoms with Gasteiger partial charge in [-0.05, 0) is 52.9 Å². The Hall–Kier alpha value is -3.31. The van der Waals surface area contributed by atoms with E-state index in [1.807, 2.05) is 24.3 Å². The van der Waals surface area contributed by atoms with Gasteiger partial charge in [-0.2, -0.15) is 0 Å². The van der Waals surface area contributed by atoms with E-state index in [1.54, 1.807) is 18.2 Å². The molecular formula is C23H17ClN2O3. The molecule has 4 aromatic rings. The molecule has 0 unspecified atom stereocenters. The van der Waals surface area contributed by atoms with Crippen LogP contribution in [-0.4, -0.2) is 10.5 Å². The molecule has 0 saturated heterocycles. The van der Waals surface area contributed by atoms with Gasteiger partial charge in [0.25, 0.3) is 0 Å². The van der Waals surface area contributed by atoms with E-state index < -0.39 is 5.76 Å². The summed E-state index contributed by atoms with van der Waals surface area (Å²) in [5.74, 6) is -0.652. The Morgan fingerprint density at radius 2 is 1.86 bits per heavy atom. The predicted molar refractivity (Wildman–Crippen MR) is 113 cm³/mol. The fourth-order valence-corrected chi connectivity index (χ4v) is 4.07. The molecule has 0 radical (unpaired) electrons. The normalized spacial score (nSPS) is 12.0. The first-order valence-electron chi connectivity index (χ1n) is 9.38. The molecule has 0 fully saturated rings. The Kier molecular flexibility index (Phi) is 4.25. The summed E-state index contributed by atoms with van der Waals surface area (Å²) in [5.41, 5.74) is 6.79. The number of oxazole rings is 1. The molecule has 1 N–H and O–H groups in total. The second-order valence-electron chi connectivity index (χ2n) is 7.14. The molecule has 1 aromatic heterocycles.